The maximum Gasteiger partial charge on any atom is 0.0787 e. The fourth-order valence-corrected chi connectivity index (χ4v) is 2.76. The van der Waals surface area contributed by atoms with E-state index in [1.54, 1.807) is 0 Å². The van der Waals surface area contributed by atoms with E-state index >= 15 is 0 Å². The first-order valence-electron chi connectivity index (χ1n) is 4.59. The molecule has 5 atom stereocenters. The Hall–Kier alpha value is -0.820. The minimum atomic E-state index is -0.243. The molecule has 1 heteroatoms. The lowest BCUT2D eigenvalue weighted by molar-refractivity contribution is 0.122. The van der Waals surface area contributed by atoms with Crippen LogP contribution in [0.2, 0.25) is 0 Å². The molecule has 0 saturated heterocycles. The zero-order valence-corrected chi connectivity index (χ0v) is 6.80. The highest BCUT2D eigenvalue weighted by molar-refractivity contribution is 5.29. The van der Waals surface area contributed by atoms with Crippen molar-refractivity contribution in [3.63, 3.8) is 0 Å². The molecule has 12 heavy (non-hydrogen) atoms. The van der Waals surface area contributed by atoms with E-state index in [2.05, 4.69) is 30.4 Å². The van der Waals surface area contributed by atoms with Crippen LogP contribution in [0.25, 0.3) is 0 Å². The van der Waals surface area contributed by atoms with Crippen molar-refractivity contribution in [3.8, 4) is 0 Å². The lowest BCUT2D eigenvalue weighted by Gasteiger charge is -2.30. The first-order chi connectivity index (χ1) is 5.86. The van der Waals surface area contributed by atoms with Crippen LogP contribution in [0.3, 0.4) is 0 Å². The van der Waals surface area contributed by atoms with Crippen LogP contribution in [0.4, 0.5) is 0 Å². The molecule has 3 aliphatic carbocycles. The summed E-state index contributed by atoms with van der Waals surface area (Å²) in [5.41, 5.74) is 0. The van der Waals surface area contributed by atoms with Crippen molar-refractivity contribution < 1.29 is 5.11 Å². The third kappa shape index (κ3) is 0.674. The van der Waals surface area contributed by atoms with Crippen molar-refractivity contribution in [2.45, 2.75) is 6.10 Å². The summed E-state index contributed by atoms with van der Waals surface area (Å²) in [5, 5.41) is 9.68. The predicted molar refractivity (Wildman–Crippen MR) is 47.4 cm³/mol. The highest BCUT2D eigenvalue weighted by Gasteiger charge is 2.42. The Morgan fingerprint density at radius 3 is 2.08 bits per heavy atom. The number of hydrogen-bond acceptors (Lipinski definition) is 1. The fourth-order valence-electron chi connectivity index (χ4n) is 2.76. The van der Waals surface area contributed by atoms with Gasteiger partial charge in [-0.25, -0.2) is 0 Å². The van der Waals surface area contributed by atoms with Gasteiger partial charge in [-0.05, 0) is 17.8 Å². The molecule has 0 aromatic rings. The van der Waals surface area contributed by atoms with Crippen LogP contribution in [-0.4, -0.2) is 11.2 Å². The number of rotatable bonds is 0. The summed E-state index contributed by atoms with van der Waals surface area (Å²) in [6.45, 7) is 0. The van der Waals surface area contributed by atoms with Gasteiger partial charge in [-0.2, -0.15) is 0 Å². The third-order valence-corrected chi connectivity index (χ3v) is 3.37. The van der Waals surface area contributed by atoms with Gasteiger partial charge in [0.25, 0.3) is 0 Å². The summed E-state index contributed by atoms with van der Waals surface area (Å²) in [6, 6.07) is 0. The molecule has 5 unspecified atom stereocenters. The van der Waals surface area contributed by atoms with Gasteiger partial charge in [0.2, 0.25) is 0 Å². The van der Waals surface area contributed by atoms with Gasteiger partial charge in [-0.3, -0.25) is 0 Å². The van der Waals surface area contributed by atoms with Gasteiger partial charge < -0.3 is 5.11 Å². The molecule has 3 rings (SSSR count). The van der Waals surface area contributed by atoms with Crippen molar-refractivity contribution in [2.75, 3.05) is 0 Å². The summed E-state index contributed by atoms with van der Waals surface area (Å²) in [6.07, 6.45) is 12.8. The summed E-state index contributed by atoms with van der Waals surface area (Å²) in [7, 11) is 0. The number of allylic oxidation sites excluding steroid dienone is 4. The van der Waals surface area contributed by atoms with E-state index in [-0.39, 0.29) is 6.10 Å². The number of aliphatic hydroxyl groups excluding tert-OH is 1. The Morgan fingerprint density at radius 2 is 1.33 bits per heavy atom. The van der Waals surface area contributed by atoms with E-state index in [9.17, 15) is 5.11 Å². The Kier molecular flexibility index (Phi) is 1.17. The van der Waals surface area contributed by atoms with E-state index < -0.39 is 0 Å². The van der Waals surface area contributed by atoms with E-state index in [1.807, 2.05) is 6.08 Å². The molecule has 0 amide bonds. The van der Waals surface area contributed by atoms with Crippen LogP contribution in [0.15, 0.2) is 36.5 Å². The lowest BCUT2D eigenvalue weighted by atomic mass is 9.76. The smallest absolute Gasteiger partial charge is 0.0787 e. The summed E-state index contributed by atoms with van der Waals surface area (Å²) in [5.74, 6) is 2.18. The van der Waals surface area contributed by atoms with Gasteiger partial charge in [0.05, 0.1) is 6.10 Å². The quantitative estimate of drug-likeness (QED) is 0.533. The van der Waals surface area contributed by atoms with E-state index in [4.69, 9.17) is 0 Å². The molecule has 0 spiro atoms. The van der Waals surface area contributed by atoms with Gasteiger partial charge in [0.1, 0.15) is 0 Å². The third-order valence-electron chi connectivity index (χ3n) is 3.37. The van der Waals surface area contributed by atoms with Gasteiger partial charge in [0.15, 0.2) is 0 Å². The minimum absolute atomic E-state index is 0.243. The molecule has 1 N–H and O–H groups in total. The summed E-state index contributed by atoms with van der Waals surface area (Å²) < 4.78 is 0. The predicted octanol–water partition coefficient (Wildman–Crippen LogP) is 1.52. The Labute approximate surface area is 72.1 Å². The molecular weight excluding hydrogens is 148 g/mol. The molecule has 0 aliphatic heterocycles. The fraction of sp³-hybridized carbons (Fsp3) is 0.455. The molecule has 0 aromatic heterocycles. The van der Waals surface area contributed by atoms with E-state index in [0.29, 0.717) is 23.7 Å². The first-order valence-corrected chi connectivity index (χ1v) is 4.59. The van der Waals surface area contributed by atoms with Crippen LogP contribution in [0.1, 0.15) is 0 Å². The lowest BCUT2D eigenvalue weighted by Crippen LogP contribution is -2.30. The van der Waals surface area contributed by atoms with Crippen molar-refractivity contribution in [1.82, 2.24) is 0 Å². The zero-order valence-electron chi connectivity index (χ0n) is 6.80. The average molecular weight is 160 g/mol. The Morgan fingerprint density at radius 1 is 0.750 bits per heavy atom. The highest BCUT2D eigenvalue weighted by Crippen LogP contribution is 2.46. The minimum Gasteiger partial charge on any atom is -0.388 e. The molecule has 0 bridgehead atoms. The van der Waals surface area contributed by atoms with E-state index in [1.165, 1.54) is 0 Å². The van der Waals surface area contributed by atoms with Crippen molar-refractivity contribution >= 4 is 0 Å². The summed E-state index contributed by atoms with van der Waals surface area (Å²) in [4.78, 5) is 0. The molecule has 0 aromatic carbocycles. The van der Waals surface area contributed by atoms with Crippen molar-refractivity contribution in [2.24, 2.45) is 23.7 Å². The van der Waals surface area contributed by atoms with E-state index in [0.717, 1.165) is 0 Å². The second kappa shape index (κ2) is 2.11. The normalized spacial score (nSPS) is 53.2. The van der Waals surface area contributed by atoms with Gasteiger partial charge in [0, 0.05) is 5.92 Å². The highest BCUT2D eigenvalue weighted by atomic mass is 16.3. The van der Waals surface area contributed by atoms with Crippen LogP contribution < -0.4 is 0 Å². The van der Waals surface area contributed by atoms with Gasteiger partial charge in [-0.1, -0.05) is 36.5 Å². The molecule has 62 valence electrons. The largest absolute Gasteiger partial charge is 0.388 e. The van der Waals surface area contributed by atoms with Gasteiger partial charge >= 0.3 is 0 Å². The van der Waals surface area contributed by atoms with Crippen LogP contribution in [0, 0.1) is 23.7 Å². The Balaban J connectivity index is 2.05. The van der Waals surface area contributed by atoms with Crippen LogP contribution in [-0.2, 0) is 0 Å². The van der Waals surface area contributed by atoms with Crippen LogP contribution in [0.5, 0.6) is 0 Å². The van der Waals surface area contributed by atoms with Crippen LogP contribution >= 0.6 is 0 Å². The molecule has 1 nitrogen and oxygen atoms in total. The topological polar surface area (TPSA) is 20.2 Å². The molecule has 0 radical (unpaired) electrons. The molecule has 3 aliphatic rings. The van der Waals surface area contributed by atoms with Crippen molar-refractivity contribution in [1.29, 1.82) is 0 Å². The number of aliphatic hydroxyl groups is 1. The van der Waals surface area contributed by atoms with Crippen molar-refractivity contribution in [3.05, 3.63) is 36.5 Å². The monoisotopic (exact) mass is 160 g/mol. The molecule has 0 fully saturated rings. The molecular formula is C11H12O. The average Bonchev–Trinajstić information content (AvgIpc) is 2.61. The maximum atomic E-state index is 9.68. The zero-order chi connectivity index (χ0) is 8.13. The summed E-state index contributed by atoms with van der Waals surface area (Å²) >= 11 is 0. The second-order valence-corrected chi connectivity index (χ2v) is 3.95. The number of hydrogen-bond donors (Lipinski definition) is 1. The second-order valence-electron chi connectivity index (χ2n) is 3.95. The van der Waals surface area contributed by atoms with Gasteiger partial charge in [-0.15, -0.1) is 0 Å². The standard InChI is InChI=1S/C11H12O/c12-10-6-4-8-2-1-7-3-5-9(10)11(7)8/h1-12H. The SMILES string of the molecule is OC1C=CC2C=CC3C=CC1C23. The Bertz CT molecular complexity index is 287. The first kappa shape index (κ1) is 6.67. The molecule has 0 heterocycles. The molecule has 0 saturated carbocycles. The maximum absolute atomic E-state index is 9.68.